The molecule has 2 heterocycles. The smallest absolute Gasteiger partial charge is 0.410 e. The summed E-state index contributed by atoms with van der Waals surface area (Å²) in [4.78, 5) is 16.5. The van der Waals surface area contributed by atoms with Crippen molar-refractivity contribution in [2.45, 2.75) is 52.6 Å². The van der Waals surface area contributed by atoms with Gasteiger partial charge in [0.1, 0.15) is 5.60 Å². The van der Waals surface area contributed by atoms with Crippen molar-refractivity contribution in [2.75, 3.05) is 33.2 Å². The van der Waals surface area contributed by atoms with Gasteiger partial charge in [-0.15, -0.1) is 0 Å². The van der Waals surface area contributed by atoms with Gasteiger partial charge in [-0.05, 0) is 47.1 Å². The summed E-state index contributed by atoms with van der Waals surface area (Å²) in [6.07, 6.45) is 5.52. The second-order valence-electron chi connectivity index (χ2n) is 7.53. The second-order valence-corrected chi connectivity index (χ2v) is 7.53. The number of likely N-dealkylation sites (tertiary alicyclic amines) is 1. The molecule has 1 unspecified atom stereocenters. The number of likely N-dealkylation sites (N-methyl/N-ethyl adjacent to an activating group) is 1. The first-order valence-corrected chi connectivity index (χ1v) is 8.12. The molecule has 120 valence electrons. The highest BCUT2D eigenvalue weighted by Crippen LogP contribution is 2.43. The molecule has 0 aromatic carbocycles. The van der Waals surface area contributed by atoms with E-state index in [1.165, 1.54) is 0 Å². The number of carbonyl (C=O) groups excluding carboxylic acids is 1. The lowest BCUT2D eigenvalue weighted by atomic mass is 9.74. The van der Waals surface area contributed by atoms with Gasteiger partial charge in [0.15, 0.2) is 0 Å². The Morgan fingerprint density at radius 1 is 1.38 bits per heavy atom. The second kappa shape index (κ2) is 5.99. The van der Waals surface area contributed by atoms with E-state index in [2.05, 4.69) is 24.9 Å². The molecule has 0 saturated carbocycles. The Labute approximate surface area is 129 Å². The van der Waals surface area contributed by atoms with E-state index >= 15 is 0 Å². The fraction of sp³-hybridized carbons (Fsp3) is 0.824. The quantitative estimate of drug-likeness (QED) is 0.733. The van der Waals surface area contributed by atoms with Gasteiger partial charge in [0.25, 0.3) is 0 Å². The minimum atomic E-state index is -0.415. The molecule has 1 atom stereocenters. The summed E-state index contributed by atoms with van der Waals surface area (Å²) in [7, 11) is 2.16. The van der Waals surface area contributed by atoms with E-state index in [0.717, 1.165) is 45.4 Å². The van der Waals surface area contributed by atoms with Crippen molar-refractivity contribution in [2.24, 2.45) is 5.41 Å². The summed E-state index contributed by atoms with van der Waals surface area (Å²) in [5.41, 5.74) is 1.31. The van der Waals surface area contributed by atoms with Crippen LogP contribution in [0.4, 0.5) is 4.79 Å². The molecule has 0 radical (unpaired) electrons. The van der Waals surface area contributed by atoms with Gasteiger partial charge in [-0.2, -0.15) is 0 Å². The third-order valence-corrected chi connectivity index (χ3v) is 4.78. The molecule has 2 aliphatic rings. The molecule has 1 saturated heterocycles. The van der Waals surface area contributed by atoms with Crippen molar-refractivity contribution in [1.29, 1.82) is 0 Å². The summed E-state index contributed by atoms with van der Waals surface area (Å²) < 4.78 is 5.52. The number of rotatable bonds is 2. The van der Waals surface area contributed by atoms with Crippen LogP contribution >= 0.6 is 0 Å². The summed E-state index contributed by atoms with van der Waals surface area (Å²) in [6.45, 7) is 11.8. The number of amides is 1. The zero-order valence-corrected chi connectivity index (χ0v) is 14.2. The molecule has 4 nitrogen and oxygen atoms in total. The van der Waals surface area contributed by atoms with Crippen LogP contribution in [0.15, 0.2) is 11.6 Å². The fourth-order valence-corrected chi connectivity index (χ4v) is 3.38. The maximum absolute atomic E-state index is 12.3. The average molecular weight is 294 g/mol. The van der Waals surface area contributed by atoms with Crippen LogP contribution in [-0.2, 0) is 4.74 Å². The minimum absolute atomic E-state index is 0.161. The van der Waals surface area contributed by atoms with E-state index in [4.69, 9.17) is 4.74 Å². The minimum Gasteiger partial charge on any atom is -0.444 e. The van der Waals surface area contributed by atoms with Crippen LogP contribution in [0.3, 0.4) is 0 Å². The first kappa shape index (κ1) is 16.3. The maximum Gasteiger partial charge on any atom is 0.410 e. The molecular formula is C17H30N2O2. The standard InChI is InChI=1S/C17H30N2O2/c1-6-17(14-7-10-18(5)11-8-14)9-12-19(13-17)15(20)21-16(2,3)4/h7H,6,8-13H2,1-5H3. The summed E-state index contributed by atoms with van der Waals surface area (Å²) >= 11 is 0. The Hall–Kier alpha value is -1.03. The highest BCUT2D eigenvalue weighted by molar-refractivity contribution is 5.68. The molecule has 0 N–H and O–H groups in total. The number of nitrogens with zero attached hydrogens (tertiary/aromatic N) is 2. The maximum atomic E-state index is 12.3. The molecule has 0 aromatic rings. The Morgan fingerprint density at radius 3 is 2.62 bits per heavy atom. The van der Waals surface area contributed by atoms with E-state index < -0.39 is 5.60 Å². The summed E-state index contributed by atoms with van der Waals surface area (Å²) in [6, 6.07) is 0. The molecule has 0 bridgehead atoms. The third-order valence-electron chi connectivity index (χ3n) is 4.78. The van der Waals surface area contributed by atoms with Crippen LogP contribution in [-0.4, -0.2) is 54.7 Å². The molecule has 0 aromatic heterocycles. The van der Waals surface area contributed by atoms with Gasteiger partial charge in [-0.25, -0.2) is 4.79 Å². The molecule has 0 aliphatic carbocycles. The lowest BCUT2D eigenvalue weighted by molar-refractivity contribution is 0.0277. The zero-order chi connectivity index (χ0) is 15.7. The molecule has 21 heavy (non-hydrogen) atoms. The van der Waals surface area contributed by atoms with E-state index in [1.807, 2.05) is 25.7 Å². The van der Waals surface area contributed by atoms with Gasteiger partial charge in [0, 0.05) is 31.6 Å². The van der Waals surface area contributed by atoms with Gasteiger partial charge < -0.3 is 14.5 Å². The molecular weight excluding hydrogens is 264 g/mol. The van der Waals surface area contributed by atoms with Gasteiger partial charge in [-0.3, -0.25) is 0 Å². The highest BCUT2D eigenvalue weighted by Gasteiger charge is 2.42. The predicted octanol–water partition coefficient (Wildman–Crippen LogP) is 3.29. The SMILES string of the molecule is CCC1(C2=CCN(C)CC2)CCN(C(=O)OC(C)(C)C)C1. The average Bonchev–Trinajstić information content (AvgIpc) is 2.83. The Morgan fingerprint density at radius 2 is 2.10 bits per heavy atom. The lowest BCUT2D eigenvalue weighted by Crippen LogP contribution is -2.38. The van der Waals surface area contributed by atoms with Gasteiger partial charge in [0.05, 0.1) is 0 Å². The van der Waals surface area contributed by atoms with Crippen LogP contribution in [0.1, 0.15) is 47.0 Å². The summed E-state index contributed by atoms with van der Waals surface area (Å²) in [5, 5.41) is 0. The van der Waals surface area contributed by atoms with Gasteiger partial charge in [0.2, 0.25) is 0 Å². The topological polar surface area (TPSA) is 32.8 Å². The predicted molar refractivity (Wildman–Crippen MR) is 85.3 cm³/mol. The van der Waals surface area contributed by atoms with Gasteiger partial charge in [-0.1, -0.05) is 18.6 Å². The van der Waals surface area contributed by atoms with Crippen molar-refractivity contribution in [3.63, 3.8) is 0 Å². The largest absolute Gasteiger partial charge is 0.444 e. The van der Waals surface area contributed by atoms with Crippen LogP contribution in [0, 0.1) is 5.41 Å². The van der Waals surface area contributed by atoms with E-state index in [1.54, 1.807) is 5.57 Å². The Balaban J connectivity index is 2.06. The molecule has 2 aliphatic heterocycles. The third kappa shape index (κ3) is 3.79. The Kier molecular flexibility index (Phi) is 4.66. The zero-order valence-electron chi connectivity index (χ0n) is 14.2. The lowest BCUT2D eigenvalue weighted by Gasteiger charge is -2.35. The fourth-order valence-electron chi connectivity index (χ4n) is 3.38. The van der Waals surface area contributed by atoms with Crippen LogP contribution in [0.2, 0.25) is 0 Å². The monoisotopic (exact) mass is 294 g/mol. The van der Waals surface area contributed by atoms with E-state index in [-0.39, 0.29) is 11.5 Å². The molecule has 2 rings (SSSR count). The number of hydrogen-bond donors (Lipinski definition) is 0. The number of carbonyl (C=O) groups is 1. The summed E-state index contributed by atoms with van der Waals surface area (Å²) in [5.74, 6) is 0. The van der Waals surface area contributed by atoms with Crippen molar-refractivity contribution >= 4 is 6.09 Å². The van der Waals surface area contributed by atoms with Crippen LogP contribution in [0.5, 0.6) is 0 Å². The molecule has 1 fully saturated rings. The number of hydrogen-bond acceptors (Lipinski definition) is 3. The van der Waals surface area contributed by atoms with Crippen molar-refractivity contribution in [3.8, 4) is 0 Å². The van der Waals surface area contributed by atoms with Crippen LogP contribution < -0.4 is 0 Å². The van der Waals surface area contributed by atoms with Crippen LogP contribution in [0.25, 0.3) is 0 Å². The van der Waals surface area contributed by atoms with E-state index in [9.17, 15) is 4.79 Å². The van der Waals surface area contributed by atoms with Crippen molar-refractivity contribution < 1.29 is 9.53 Å². The van der Waals surface area contributed by atoms with E-state index in [0.29, 0.717) is 0 Å². The first-order chi connectivity index (χ1) is 9.76. The molecule has 0 spiro atoms. The highest BCUT2D eigenvalue weighted by atomic mass is 16.6. The first-order valence-electron chi connectivity index (χ1n) is 8.12. The molecule has 1 amide bonds. The molecule has 4 heteroatoms. The van der Waals surface area contributed by atoms with Gasteiger partial charge >= 0.3 is 6.09 Å². The van der Waals surface area contributed by atoms with Crippen molar-refractivity contribution in [1.82, 2.24) is 9.80 Å². The van der Waals surface area contributed by atoms with Crippen molar-refractivity contribution in [3.05, 3.63) is 11.6 Å². The normalized spacial score (nSPS) is 27.7. The number of ether oxygens (including phenoxy) is 1. The Bertz CT molecular complexity index is 425.